The Labute approximate surface area is 111 Å². The Morgan fingerprint density at radius 1 is 1.59 bits per heavy atom. The Morgan fingerprint density at radius 2 is 2.35 bits per heavy atom. The number of hydrogen-bond acceptors (Lipinski definition) is 3. The molecule has 3 nitrogen and oxygen atoms in total. The predicted molar refractivity (Wildman–Crippen MR) is 73.7 cm³/mol. The molecule has 1 aromatic rings. The predicted octanol–water partition coefficient (Wildman–Crippen LogP) is 2.98. The standard InChI is InChI=1S/C13H19BrN2O/c1-10-8-16(9-13(2,3)17-10)12-11(7-14)5-4-6-15-12/h4-6,10H,7-9H2,1-3H3. The van der Waals surface area contributed by atoms with E-state index >= 15 is 0 Å². The van der Waals surface area contributed by atoms with Crippen molar-refractivity contribution in [1.82, 2.24) is 4.98 Å². The van der Waals surface area contributed by atoms with Crippen molar-refractivity contribution in [2.75, 3.05) is 18.0 Å². The second-order valence-corrected chi connectivity index (χ2v) is 5.75. The second-order valence-electron chi connectivity index (χ2n) is 5.19. The molecule has 17 heavy (non-hydrogen) atoms. The van der Waals surface area contributed by atoms with Crippen molar-refractivity contribution in [1.29, 1.82) is 0 Å². The molecule has 1 aliphatic heterocycles. The third-order valence-electron chi connectivity index (χ3n) is 2.88. The SMILES string of the molecule is CC1CN(c2ncccc2CBr)CC(C)(C)O1. The summed E-state index contributed by atoms with van der Waals surface area (Å²) in [6, 6.07) is 4.10. The van der Waals surface area contributed by atoms with Gasteiger partial charge in [0.2, 0.25) is 0 Å². The lowest BCUT2D eigenvalue weighted by atomic mass is 10.1. The van der Waals surface area contributed by atoms with E-state index in [2.05, 4.69) is 52.7 Å². The van der Waals surface area contributed by atoms with Gasteiger partial charge in [-0.2, -0.15) is 0 Å². The summed E-state index contributed by atoms with van der Waals surface area (Å²) >= 11 is 3.52. The first-order chi connectivity index (χ1) is 8.02. The van der Waals surface area contributed by atoms with Crippen LogP contribution in [0.1, 0.15) is 26.3 Å². The molecule has 0 N–H and O–H groups in total. The summed E-state index contributed by atoms with van der Waals surface area (Å²) in [7, 11) is 0. The largest absolute Gasteiger partial charge is 0.369 e. The van der Waals surface area contributed by atoms with Crippen molar-refractivity contribution in [2.45, 2.75) is 37.8 Å². The Kier molecular flexibility index (Phi) is 3.73. The molecule has 0 aromatic carbocycles. The van der Waals surface area contributed by atoms with E-state index in [0.29, 0.717) is 0 Å². The Morgan fingerprint density at radius 3 is 3.00 bits per heavy atom. The lowest BCUT2D eigenvalue weighted by Crippen LogP contribution is -2.52. The molecule has 2 heterocycles. The van der Waals surface area contributed by atoms with Crippen molar-refractivity contribution in [3.8, 4) is 0 Å². The first kappa shape index (κ1) is 12.8. The minimum Gasteiger partial charge on any atom is -0.369 e. The summed E-state index contributed by atoms with van der Waals surface area (Å²) < 4.78 is 5.92. The van der Waals surface area contributed by atoms with Crippen LogP contribution in [0.15, 0.2) is 18.3 Å². The highest BCUT2D eigenvalue weighted by Gasteiger charge is 2.32. The fourth-order valence-corrected chi connectivity index (χ4v) is 2.87. The van der Waals surface area contributed by atoms with Gasteiger partial charge in [-0.15, -0.1) is 0 Å². The number of pyridine rings is 1. The van der Waals surface area contributed by atoms with Crippen molar-refractivity contribution in [3.63, 3.8) is 0 Å². The Balaban J connectivity index is 2.27. The molecule has 1 saturated heterocycles. The molecule has 94 valence electrons. The van der Waals surface area contributed by atoms with Gasteiger partial charge in [-0.05, 0) is 26.8 Å². The van der Waals surface area contributed by atoms with Crippen LogP contribution in [0.25, 0.3) is 0 Å². The number of aromatic nitrogens is 1. The maximum atomic E-state index is 5.92. The Bertz CT molecular complexity index is 395. The van der Waals surface area contributed by atoms with Crippen molar-refractivity contribution in [2.24, 2.45) is 0 Å². The van der Waals surface area contributed by atoms with Crippen LogP contribution in [0.4, 0.5) is 5.82 Å². The molecule has 0 spiro atoms. The van der Waals surface area contributed by atoms with Gasteiger partial charge in [0.1, 0.15) is 5.82 Å². The van der Waals surface area contributed by atoms with E-state index in [1.807, 2.05) is 12.3 Å². The van der Waals surface area contributed by atoms with Gasteiger partial charge in [-0.25, -0.2) is 4.98 Å². The summed E-state index contributed by atoms with van der Waals surface area (Å²) in [5.74, 6) is 1.08. The topological polar surface area (TPSA) is 25.4 Å². The van der Waals surface area contributed by atoms with Crippen LogP contribution in [0, 0.1) is 0 Å². The monoisotopic (exact) mass is 298 g/mol. The molecule has 0 radical (unpaired) electrons. The minimum absolute atomic E-state index is 0.112. The number of ether oxygens (including phenoxy) is 1. The fourth-order valence-electron chi connectivity index (χ4n) is 2.43. The fraction of sp³-hybridized carbons (Fsp3) is 0.615. The highest BCUT2D eigenvalue weighted by Crippen LogP contribution is 2.27. The van der Waals surface area contributed by atoms with Crippen LogP contribution in [-0.2, 0) is 10.1 Å². The van der Waals surface area contributed by atoms with E-state index < -0.39 is 0 Å². The van der Waals surface area contributed by atoms with E-state index in [4.69, 9.17) is 4.74 Å². The average molecular weight is 299 g/mol. The molecule has 1 fully saturated rings. The summed E-state index contributed by atoms with van der Waals surface area (Å²) in [6.07, 6.45) is 2.10. The van der Waals surface area contributed by atoms with Crippen molar-refractivity contribution < 1.29 is 4.74 Å². The van der Waals surface area contributed by atoms with E-state index in [-0.39, 0.29) is 11.7 Å². The third kappa shape index (κ3) is 2.99. The van der Waals surface area contributed by atoms with Gasteiger partial charge >= 0.3 is 0 Å². The van der Waals surface area contributed by atoms with Crippen LogP contribution in [-0.4, -0.2) is 29.8 Å². The normalized spacial score (nSPS) is 23.8. The number of anilines is 1. The molecule has 4 heteroatoms. The molecular weight excluding hydrogens is 280 g/mol. The summed E-state index contributed by atoms with van der Waals surface area (Å²) in [5.41, 5.74) is 1.12. The smallest absolute Gasteiger partial charge is 0.132 e. The highest BCUT2D eigenvalue weighted by atomic mass is 79.9. The van der Waals surface area contributed by atoms with Crippen LogP contribution in [0.2, 0.25) is 0 Å². The number of rotatable bonds is 2. The van der Waals surface area contributed by atoms with Gasteiger partial charge in [0.05, 0.1) is 11.7 Å². The molecule has 1 aromatic heterocycles. The van der Waals surface area contributed by atoms with Gasteiger partial charge in [-0.3, -0.25) is 0 Å². The minimum atomic E-state index is -0.112. The number of halogens is 1. The van der Waals surface area contributed by atoms with Crippen LogP contribution < -0.4 is 4.90 Å². The lowest BCUT2D eigenvalue weighted by Gasteiger charge is -2.42. The average Bonchev–Trinajstić information content (AvgIpc) is 2.26. The molecule has 1 unspecified atom stereocenters. The van der Waals surface area contributed by atoms with Gasteiger partial charge in [-0.1, -0.05) is 22.0 Å². The summed E-state index contributed by atoms with van der Waals surface area (Å²) in [4.78, 5) is 6.84. The zero-order valence-corrected chi connectivity index (χ0v) is 12.2. The lowest BCUT2D eigenvalue weighted by molar-refractivity contribution is -0.0751. The Hall–Kier alpha value is -0.610. The van der Waals surface area contributed by atoms with Gasteiger partial charge in [0.25, 0.3) is 0 Å². The second kappa shape index (κ2) is 4.94. The van der Waals surface area contributed by atoms with Gasteiger partial charge < -0.3 is 9.64 Å². The number of hydrogen-bond donors (Lipinski definition) is 0. The van der Waals surface area contributed by atoms with Crippen LogP contribution in [0.5, 0.6) is 0 Å². The van der Waals surface area contributed by atoms with E-state index in [1.165, 1.54) is 5.56 Å². The molecule has 0 aliphatic carbocycles. The van der Waals surface area contributed by atoms with Crippen molar-refractivity contribution in [3.05, 3.63) is 23.9 Å². The number of alkyl halides is 1. The summed E-state index contributed by atoms with van der Waals surface area (Å²) in [6.45, 7) is 8.16. The van der Waals surface area contributed by atoms with E-state index in [1.54, 1.807) is 0 Å². The van der Waals surface area contributed by atoms with Crippen LogP contribution in [0.3, 0.4) is 0 Å². The third-order valence-corrected chi connectivity index (χ3v) is 3.48. The number of nitrogens with zero attached hydrogens (tertiary/aromatic N) is 2. The zero-order valence-electron chi connectivity index (χ0n) is 10.6. The molecule has 1 atom stereocenters. The molecular formula is C13H19BrN2O. The van der Waals surface area contributed by atoms with Crippen LogP contribution >= 0.6 is 15.9 Å². The molecule has 2 rings (SSSR count). The van der Waals surface area contributed by atoms with E-state index in [0.717, 1.165) is 24.2 Å². The van der Waals surface area contributed by atoms with Gasteiger partial charge in [0, 0.05) is 30.2 Å². The zero-order chi connectivity index (χ0) is 12.5. The summed E-state index contributed by atoms with van der Waals surface area (Å²) in [5, 5.41) is 0.836. The molecule has 0 amide bonds. The maximum Gasteiger partial charge on any atom is 0.132 e. The van der Waals surface area contributed by atoms with E-state index in [9.17, 15) is 0 Å². The molecule has 1 aliphatic rings. The quantitative estimate of drug-likeness (QED) is 0.785. The molecule has 0 bridgehead atoms. The highest BCUT2D eigenvalue weighted by molar-refractivity contribution is 9.08. The van der Waals surface area contributed by atoms with Gasteiger partial charge in [0.15, 0.2) is 0 Å². The van der Waals surface area contributed by atoms with Crippen molar-refractivity contribution >= 4 is 21.7 Å². The number of morpholine rings is 1. The first-order valence-electron chi connectivity index (χ1n) is 5.94. The first-order valence-corrected chi connectivity index (χ1v) is 7.06. The molecule has 0 saturated carbocycles. The maximum absolute atomic E-state index is 5.92.